The Morgan fingerprint density at radius 2 is 1.85 bits per heavy atom. The third-order valence-corrected chi connectivity index (χ3v) is 4.61. The van der Waals surface area contributed by atoms with Gasteiger partial charge in [-0.3, -0.25) is 9.59 Å². The van der Waals surface area contributed by atoms with Crippen molar-refractivity contribution in [1.82, 2.24) is 4.90 Å². The Hall–Kier alpha value is -2.53. The molecule has 136 valence electrons. The molecule has 0 aliphatic carbocycles. The van der Waals surface area contributed by atoms with Gasteiger partial charge in [-0.2, -0.15) is 0 Å². The lowest BCUT2D eigenvalue weighted by Gasteiger charge is -2.32. The Morgan fingerprint density at radius 3 is 2.58 bits per heavy atom. The molecule has 1 atom stereocenters. The number of carbonyl (C=O) groups excluding carboxylic acids is 2. The molecule has 2 amide bonds. The quantitative estimate of drug-likeness (QED) is 0.872. The number of nitrogens with zero attached hydrogens (tertiary/aromatic N) is 1. The van der Waals surface area contributed by atoms with Gasteiger partial charge in [-0.05, 0) is 49.2 Å². The van der Waals surface area contributed by atoms with E-state index in [1.807, 2.05) is 30.3 Å². The SMILES string of the molecule is O=C(Nc1ccccc1)C1CCCN(C(=O)COc2ccc(Cl)cc2)C1. The number of hydrogen-bond acceptors (Lipinski definition) is 3. The Morgan fingerprint density at radius 1 is 1.12 bits per heavy atom. The number of piperidine rings is 1. The van der Waals surface area contributed by atoms with E-state index in [9.17, 15) is 9.59 Å². The third-order valence-electron chi connectivity index (χ3n) is 4.36. The van der Waals surface area contributed by atoms with Crippen molar-refractivity contribution in [2.24, 2.45) is 5.92 Å². The largest absolute Gasteiger partial charge is 0.484 e. The first-order valence-electron chi connectivity index (χ1n) is 8.64. The van der Waals surface area contributed by atoms with Gasteiger partial charge in [0.2, 0.25) is 5.91 Å². The lowest BCUT2D eigenvalue weighted by Crippen LogP contribution is -2.45. The summed E-state index contributed by atoms with van der Waals surface area (Å²) in [6.45, 7) is 1.02. The standard InChI is InChI=1S/C20H21ClN2O3/c21-16-8-10-18(11-9-16)26-14-19(24)23-12-4-5-15(13-23)20(25)22-17-6-2-1-3-7-17/h1-3,6-11,15H,4-5,12-14H2,(H,22,25). The van der Waals surface area contributed by atoms with Crippen molar-refractivity contribution < 1.29 is 14.3 Å². The molecule has 1 aliphatic heterocycles. The van der Waals surface area contributed by atoms with Gasteiger partial charge in [-0.15, -0.1) is 0 Å². The fourth-order valence-electron chi connectivity index (χ4n) is 2.95. The lowest BCUT2D eigenvalue weighted by atomic mass is 9.97. The zero-order chi connectivity index (χ0) is 18.4. The van der Waals surface area contributed by atoms with Crippen molar-refractivity contribution in [2.75, 3.05) is 25.0 Å². The van der Waals surface area contributed by atoms with Crippen LogP contribution in [0.5, 0.6) is 5.75 Å². The predicted octanol–water partition coefficient (Wildman–Crippen LogP) is 3.60. The fourth-order valence-corrected chi connectivity index (χ4v) is 3.08. The highest BCUT2D eigenvalue weighted by atomic mass is 35.5. The molecule has 0 radical (unpaired) electrons. The van der Waals surface area contributed by atoms with E-state index in [2.05, 4.69) is 5.32 Å². The van der Waals surface area contributed by atoms with Crippen LogP contribution in [0.4, 0.5) is 5.69 Å². The van der Waals surface area contributed by atoms with E-state index in [0.29, 0.717) is 23.9 Å². The van der Waals surface area contributed by atoms with Gasteiger partial charge in [0.15, 0.2) is 6.61 Å². The van der Waals surface area contributed by atoms with Crippen LogP contribution >= 0.6 is 11.6 Å². The molecule has 1 saturated heterocycles. The van der Waals surface area contributed by atoms with Crippen molar-refractivity contribution in [3.05, 3.63) is 59.6 Å². The van der Waals surface area contributed by atoms with E-state index >= 15 is 0 Å². The highest BCUT2D eigenvalue weighted by Crippen LogP contribution is 2.20. The first kappa shape index (κ1) is 18.3. The van der Waals surface area contributed by atoms with Gasteiger partial charge in [-0.25, -0.2) is 0 Å². The average molecular weight is 373 g/mol. The van der Waals surface area contributed by atoms with Crippen molar-refractivity contribution in [3.63, 3.8) is 0 Å². The predicted molar refractivity (Wildman–Crippen MR) is 101 cm³/mol. The van der Waals surface area contributed by atoms with Gasteiger partial charge in [0.1, 0.15) is 5.75 Å². The topological polar surface area (TPSA) is 58.6 Å². The summed E-state index contributed by atoms with van der Waals surface area (Å²) in [6.07, 6.45) is 1.58. The molecule has 0 saturated carbocycles. The highest BCUT2D eigenvalue weighted by Gasteiger charge is 2.28. The maximum Gasteiger partial charge on any atom is 0.260 e. The Balaban J connectivity index is 1.51. The first-order chi connectivity index (χ1) is 12.6. The van der Waals surface area contributed by atoms with E-state index in [1.165, 1.54) is 0 Å². The van der Waals surface area contributed by atoms with E-state index in [4.69, 9.17) is 16.3 Å². The summed E-state index contributed by atoms with van der Waals surface area (Å²) in [5, 5.41) is 3.53. The number of amides is 2. The maximum atomic E-state index is 12.5. The Labute approximate surface area is 157 Å². The number of anilines is 1. The summed E-state index contributed by atoms with van der Waals surface area (Å²) < 4.78 is 5.52. The molecule has 1 unspecified atom stereocenters. The number of carbonyl (C=O) groups is 2. The molecule has 0 spiro atoms. The molecule has 5 nitrogen and oxygen atoms in total. The second-order valence-electron chi connectivity index (χ2n) is 6.28. The molecule has 2 aromatic carbocycles. The van der Waals surface area contributed by atoms with Gasteiger partial charge in [0, 0.05) is 23.8 Å². The van der Waals surface area contributed by atoms with Gasteiger partial charge in [0.05, 0.1) is 5.92 Å². The Bertz CT molecular complexity index is 749. The first-order valence-corrected chi connectivity index (χ1v) is 9.01. The van der Waals surface area contributed by atoms with Crippen molar-refractivity contribution in [1.29, 1.82) is 0 Å². The lowest BCUT2D eigenvalue weighted by molar-refractivity contribution is -0.136. The summed E-state index contributed by atoms with van der Waals surface area (Å²) in [5.41, 5.74) is 0.770. The highest BCUT2D eigenvalue weighted by molar-refractivity contribution is 6.30. The van der Waals surface area contributed by atoms with E-state index in [1.54, 1.807) is 29.2 Å². The van der Waals surface area contributed by atoms with Crippen molar-refractivity contribution >= 4 is 29.1 Å². The zero-order valence-electron chi connectivity index (χ0n) is 14.4. The number of benzene rings is 2. The van der Waals surface area contributed by atoms with Crippen LogP contribution in [0.3, 0.4) is 0 Å². The van der Waals surface area contributed by atoms with Crippen LogP contribution in [0.25, 0.3) is 0 Å². The molecule has 2 aromatic rings. The molecule has 6 heteroatoms. The monoisotopic (exact) mass is 372 g/mol. The molecule has 3 rings (SSSR count). The van der Waals surface area contributed by atoms with Gasteiger partial charge >= 0.3 is 0 Å². The second-order valence-corrected chi connectivity index (χ2v) is 6.71. The van der Waals surface area contributed by atoms with E-state index in [0.717, 1.165) is 18.5 Å². The van der Waals surface area contributed by atoms with E-state index in [-0.39, 0.29) is 24.3 Å². The number of para-hydroxylation sites is 1. The normalized spacial score (nSPS) is 16.8. The summed E-state index contributed by atoms with van der Waals surface area (Å²) in [6, 6.07) is 16.2. The number of halogens is 1. The van der Waals surface area contributed by atoms with Crippen LogP contribution in [0.1, 0.15) is 12.8 Å². The molecule has 0 aromatic heterocycles. The smallest absolute Gasteiger partial charge is 0.260 e. The molecule has 1 N–H and O–H groups in total. The fraction of sp³-hybridized carbons (Fsp3) is 0.300. The molecule has 1 fully saturated rings. The maximum absolute atomic E-state index is 12.5. The van der Waals surface area contributed by atoms with Crippen LogP contribution in [0, 0.1) is 5.92 Å². The molecule has 0 bridgehead atoms. The van der Waals surface area contributed by atoms with Crippen molar-refractivity contribution in [3.8, 4) is 5.75 Å². The van der Waals surface area contributed by atoms with Crippen LogP contribution in [-0.4, -0.2) is 36.4 Å². The minimum atomic E-state index is -0.205. The minimum Gasteiger partial charge on any atom is -0.484 e. The van der Waals surface area contributed by atoms with Gasteiger partial charge in [-0.1, -0.05) is 29.8 Å². The minimum absolute atomic E-state index is 0.0470. The average Bonchev–Trinajstić information content (AvgIpc) is 2.68. The van der Waals surface area contributed by atoms with Crippen LogP contribution in [0.15, 0.2) is 54.6 Å². The van der Waals surface area contributed by atoms with Crippen LogP contribution < -0.4 is 10.1 Å². The zero-order valence-corrected chi connectivity index (χ0v) is 15.1. The summed E-state index contributed by atoms with van der Waals surface area (Å²) >= 11 is 5.83. The number of nitrogens with one attached hydrogen (secondary N) is 1. The molecule has 1 heterocycles. The molecular formula is C20H21ClN2O3. The van der Waals surface area contributed by atoms with Gasteiger partial charge < -0.3 is 15.0 Å². The van der Waals surface area contributed by atoms with Gasteiger partial charge in [0.25, 0.3) is 5.91 Å². The molecule has 26 heavy (non-hydrogen) atoms. The van der Waals surface area contributed by atoms with Crippen molar-refractivity contribution in [2.45, 2.75) is 12.8 Å². The van der Waals surface area contributed by atoms with Crippen LogP contribution in [0.2, 0.25) is 5.02 Å². The third kappa shape index (κ3) is 4.99. The second kappa shape index (κ2) is 8.72. The summed E-state index contributed by atoms with van der Waals surface area (Å²) in [7, 11) is 0. The summed E-state index contributed by atoms with van der Waals surface area (Å²) in [5.74, 6) is 0.228. The number of rotatable bonds is 5. The molecule has 1 aliphatic rings. The van der Waals surface area contributed by atoms with Crippen LogP contribution in [-0.2, 0) is 9.59 Å². The van der Waals surface area contributed by atoms with E-state index < -0.39 is 0 Å². The molecular weight excluding hydrogens is 352 g/mol. The summed E-state index contributed by atoms with van der Waals surface area (Å²) in [4.78, 5) is 26.6. The number of ether oxygens (including phenoxy) is 1. The number of hydrogen-bond donors (Lipinski definition) is 1. The Kier molecular flexibility index (Phi) is 6.12. The number of likely N-dealkylation sites (tertiary alicyclic amines) is 1.